The van der Waals surface area contributed by atoms with Gasteiger partial charge in [0.25, 0.3) is 0 Å². The van der Waals surface area contributed by atoms with E-state index in [-0.39, 0.29) is 11.7 Å². The first kappa shape index (κ1) is 14.6. The maximum atomic E-state index is 11.8. The van der Waals surface area contributed by atoms with E-state index in [1.165, 1.54) is 13.3 Å². The molecule has 0 saturated heterocycles. The van der Waals surface area contributed by atoms with Crippen LogP contribution in [0.1, 0.15) is 26.7 Å². The third kappa shape index (κ3) is 4.87. The molecule has 90 valence electrons. The molecule has 0 radical (unpaired) electrons. The maximum Gasteiger partial charge on any atom is 0.233 e. The van der Waals surface area contributed by atoms with E-state index in [0.29, 0.717) is 6.42 Å². The van der Waals surface area contributed by atoms with Gasteiger partial charge >= 0.3 is 0 Å². The zero-order valence-electron chi connectivity index (χ0n) is 10.1. The second-order valence-electron chi connectivity index (χ2n) is 3.71. The van der Waals surface area contributed by atoms with Gasteiger partial charge in [0, 0.05) is 19.2 Å². The molecule has 0 aliphatic carbocycles. The van der Waals surface area contributed by atoms with Gasteiger partial charge in [0.05, 0.1) is 0 Å². The van der Waals surface area contributed by atoms with Crippen molar-refractivity contribution in [2.75, 3.05) is 7.05 Å². The summed E-state index contributed by atoms with van der Waals surface area (Å²) in [6.45, 7) is 3.82. The van der Waals surface area contributed by atoms with Crippen molar-refractivity contribution in [1.29, 1.82) is 0 Å². The molecule has 16 heavy (non-hydrogen) atoms. The Morgan fingerprint density at radius 2 is 2.00 bits per heavy atom. The average molecular weight is 224 g/mol. The van der Waals surface area contributed by atoms with Gasteiger partial charge in [0.2, 0.25) is 5.91 Å². The van der Waals surface area contributed by atoms with Crippen molar-refractivity contribution in [3.05, 3.63) is 12.2 Å². The van der Waals surface area contributed by atoms with Crippen molar-refractivity contribution >= 4 is 17.9 Å². The fourth-order valence-electron chi connectivity index (χ4n) is 1.33. The van der Waals surface area contributed by atoms with Gasteiger partial charge in [-0.1, -0.05) is 26.0 Å². The van der Waals surface area contributed by atoms with E-state index in [0.717, 1.165) is 6.42 Å². The number of carbonyl (C=O) groups is 2. The van der Waals surface area contributed by atoms with Crippen LogP contribution in [-0.4, -0.2) is 25.0 Å². The van der Waals surface area contributed by atoms with E-state index in [1.807, 2.05) is 19.1 Å². The number of nitrogens with two attached hydrogens (primary N) is 1. The van der Waals surface area contributed by atoms with Crippen molar-refractivity contribution < 1.29 is 9.59 Å². The molecule has 0 spiro atoms. The predicted octanol–water partition coefficient (Wildman–Crippen LogP) is 1.35. The molecule has 1 amide bonds. The number of ketones is 1. The molecule has 4 heteroatoms. The lowest BCUT2D eigenvalue weighted by molar-refractivity contribution is -0.131. The quantitative estimate of drug-likeness (QED) is 0.403. The number of aliphatic imine (C=N–C) groups is 1. The van der Waals surface area contributed by atoms with E-state index in [4.69, 9.17) is 5.73 Å². The zero-order chi connectivity index (χ0) is 12.6. The summed E-state index contributed by atoms with van der Waals surface area (Å²) in [6, 6.07) is 0. The summed E-state index contributed by atoms with van der Waals surface area (Å²) in [5, 5.41) is 0. The van der Waals surface area contributed by atoms with E-state index < -0.39 is 11.8 Å². The van der Waals surface area contributed by atoms with Crippen LogP contribution < -0.4 is 5.73 Å². The van der Waals surface area contributed by atoms with Crippen LogP contribution >= 0.6 is 0 Å². The van der Waals surface area contributed by atoms with Gasteiger partial charge in [-0.05, 0) is 12.8 Å². The third-order valence-electron chi connectivity index (χ3n) is 2.29. The van der Waals surface area contributed by atoms with Crippen LogP contribution in [0.4, 0.5) is 0 Å². The number of rotatable bonds is 7. The van der Waals surface area contributed by atoms with Gasteiger partial charge in [-0.15, -0.1) is 0 Å². The molecule has 2 unspecified atom stereocenters. The minimum Gasteiger partial charge on any atom is -0.369 e. The predicted molar refractivity (Wildman–Crippen MR) is 65.3 cm³/mol. The number of nitrogens with zero attached hydrogens (tertiary/aromatic N) is 1. The van der Waals surface area contributed by atoms with Gasteiger partial charge in [-0.3, -0.25) is 14.6 Å². The van der Waals surface area contributed by atoms with Crippen LogP contribution in [0.3, 0.4) is 0 Å². The lowest BCUT2D eigenvalue weighted by atomic mass is 9.92. The van der Waals surface area contributed by atoms with Crippen LogP contribution in [0.5, 0.6) is 0 Å². The summed E-state index contributed by atoms with van der Waals surface area (Å²) in [5.41, 5.74) is 5.15. The highest BCUT2D eigenvalue weighted by Gasteiger charge is 2.25. The number of Topliss-reactive ketones (excluding diaryl/α,β-unsaturated/α-hetero) is 1. The van der Waals surface area contributed by atoms with Crippen molar-refractivity contribution in [3.8, 4) is 0 Å². The Hall–Kier alpha value is -1.45. The molecule has 0 aromatic rings. The Morgan fingerprint density at radius 3 is 2.44 bits per heavy atom. The number of amides is 1. The van der Waals surface area contributed by atoms with Crippen molar-refractivity contribution in [2.24, 2.45) is 22.6 Å². The fraction of sp³-hybridized carbons (Fsp3) is 0.583. The van der Waals surface area contributed by atoms with Crippen molar-refractivity contribution in [1.82, 2.24) is 0 Å². The summed E-state index contributed by atoms with van der Waals surface area (Å²) in [5.74, 6) is -1.91. The highest BCUT2D eigenvalue weighted by Crippen LogP contribution is 2.11. The summed E-state index contributed by atoms with van der Waals surface area (Å²) in [7, 11) is 1.52. The first-order chi connectivity index (χ1) is 7.54. The van der Waals surface area contributed by atoms with E-state index in [2.05, 4.69) is 4.99 Å². The van der Waals surface area contributed by atoms with Gasteiger partial charge in [0.15, 0.2) is 5.78 Å². The molecule has 0 aliphatic heterocycles. The highest BCUT2D eigenvalue weighted by atomic mass is 16.2. The largest absolute Gasteiger partial charge is 0.369 e. The topological polar surface area (TPSA) is 72.5 Å². The van der Waals surface area contributed by atoms with Gasteiger partial charge < -0.3 is 5.73 Å². The van der Waals surface area contributed by atoms with Crippen LogP contribution in [0.25, 0.3) is 0 Å². The van der Waals surface area contributed by atoms with Crippen molar-refractivity contribution in [3.63, 3.8) is 0 Å². The van der Waals surface area contributed by atoms with E-state index >= 15 is 0 Å². The Morgan fingerprint density at radius 1 is 1.38 bits per heavy atom. The number of hydrogen-bond donors (Lipinski definition) is 1. The molecule has 0 saturated carbocycles. The molecule has 0 aromatic carbocycles. The monoisotopic (exact) mass is 224 g/mol. The van der Waals surface area contributed by atoms with Crippen LogP contribution in [-0.2, 0) is 9.59 Å². The molecule has 0 aliphatic rings. The van der Waals surface area contributed by atoms with Gasteiger partial charge in [-0.25, -0.2) is 0 Å². The zero-order valence-corrected chi connectivity index (χ0v) is 10.1. The first-order valence-electron chi connectivity index (χ1n) is 5.44. The summed E-state index contributed by atoms with van der Waals surface area (Å²) >= 11 is 0. The minimum absolute atomic E-state index is 0.168. The third-order valence-corrected chi connectivity index (χ3v) is 2.29. The summed E-state index contributed by atoms with van der Waals surface area (Å²) in [4.78, 5) is 26.6. The van der Waals surface area contributed by atoms with Gasteiger partial charge in [0.1, 0.15) is 5.92 Å². The molecule has 4 nitrogen and oxygen atoms in total. The molecular formula is C12H20N2O2. The standard InChI is InChI=1S/C12H20N2O2/c1-4-5-6-7-9(2)11(15)10(8-14-3)12(13)16/h5-6,8-10H,4,7H2,1-3H3,(H2,13,16). The Kier molecular flexibility index (Phi) is 7.09. The van der Waals surface area contributed by atoms with Crippen LogP contribution in [0.2, 0.25) is 0 Å². The minimum atomic E-state index is -0.893. The molecule has 0 rings (SSSR count). The summed E-state index contributed by atoms with van der Waals surface area (Å²) < 4.78 is 0. The van der Waals surface area contributed by atoms with Crippen LogP contribution in [0, 0.1) is 11.8 Å². The number of primary amides is 1. The summed E-state index contributed by atoms with van der Waals surface area (Å²) in [6.07, 6.45) is 6.83. The van der Waals surface area contributed by atoms with E-state index in [9.17, 15) is 9.59 Å². The molecular weight excluding hydrogens is 204 g/mol. The Bertz CT molecular complexity index is 295. The van der Waals surface area contributed by atoms with E-state index in [1.54, 1.807) is 6.92 Å². The number of hydrogen-bond acceptors (Lipinski definition) is 3. The molecule has 0 aromatic heterocycles. The number of allylic oxidation sites excluding steroid dienone is 2. The fourth-order valence-corrected chi connectivity index (χ4v) is 1.33. The van der Waals surface area contributed by atoms with Crippen LogP contribution in [0.15, 0.2) is 17.1 Å². The Balaban J connectivity index is 4.49. The second kappa shape index (κ2) is 7.79. The lowest BCUT2D eigenvalue weighted by Crippen LogP contribution is -2.34. The smallest absolute Gasteiger partial charge is 0.233 e. The molecule has 0 fully saturated rings. The van der Waals surface area contributed by atoms with Gasteiger partial charge in [-0.2, -0.15) is 0 Å². The average Bonchev–Trinajstić information content (AvgIpc) is 2.24. The first-order valence-corrected chi connectivity index (χ1v) is 5.44. The normalized spacial score (nSPS) is 15.4. The Labute approximate surface area is 96.6 Å². The molecule has 2 atom stereocenters. The highest BCUT2D eigenvalue weighted by molar-refractivity contribution is 6.13. The molecule has 0 bridgehead atoms. The SMILES string of the molecule is CCC=CCC(C)C(=O)C(C=NC)C(N)=O. The lowest BCUT2D eigenvalue weighted by Gasteiger charge is -2.12. The number of carbonyl (C=O) groups excluding carboxylic acids is 2. The maximum absolute atomic E-state index is 11.8. The van der Waals surface area contributed by atoms with Crippen molar-refractivity contribution in [2.45, 2.75) is 26.7 Å². The second-order valence-corrected chi connectivity index (χ2v) is 3.71. The molecule has 0 heterocycles. The molecule has 2 N–H and O–H groups in total.